The SMILES string of the molecule is C=C(C)CCCOC(=O)C(=C)C.CCCN(CCC)S(=O)(=O)C(F)(F)C(F)(F)C(F)(F)S(=O)(=O)O. The minimum atomic E-state index is -7.00. The number of rotatable bonds is 14. The van der Waals surface area contributed by atoms with E-state index in [-0.39, 0.29) is 23.1 Å². The van der Waals surface area contributed by atoms with Crippen molar-refractivity contribution in [2.45, 2.75) is 69.8 Å². The molecule has 0 unspecified atom stereocenters. The van der Waals surface area contributed by atoms with E-state index in [0.717, 1.165) is 18.4 Å². The lowest BCUT2D eigenvalue weighted by Crippen LogP contribution is -2.63. The number of carbonyl (C=O) groups is 1. The third-order valence-electron chi connectivity index (χ3n) is 3.99. The molecule has 0 aliphatic carbocycles. The molecule has 208 valence electrons. The van der Waals surface area contributed by atoms with Gasteiger partial charge in [-0.25, -0.2) is 13.2 Å². The molecule has 35 heavy (non-hydrogen) atoms. The van der Waals surface area contributed by atoms with E-state index in [4.69, 9.17) is 9.29 Å². The van der Waals surface area contributed by atoms with Crippen LogP contribution in [-0.4, -0.2) is 67.8 Å². The van der Waals surface area contributed by atoms with E-state index in [9.17, 15) is 48.0 Å². The predicted molar refractivity (Wildman–Crippen MR) is 117 cm³/mol. The first-order chi connectivity index (χ1) is 15.6. The average molecular weight is 564 g/mol. The van der Waals surface area contributed by atoms with Gasteiger partial charge < -0.3 is 4.74 Å². The Morgan fingerprint density at radius 2 is 1.34 bits per heavy atom. The first kappa shape index (κ1) is 35.5. The van der Waals surface area contributed by atoms with Crippen LogP contribution in [0.1, 0.15) is 53.4 Å². The second-order valence-corrected chi connectivity index (χ2v) is 10.9. The Morgan fingerprint density at radius 3 is 1.66 bits per heavy atom. The fraction of sp³-hybridized carbons (Fsp3) is 0.737. The molecule has 0 bridgehead atoms. The summed E-state index contributed by atoms with van der Waals surface area (Å²) in [6.07, 6.45) is 1.57. The fourth-order valence-electron chi connectivity index (χ4n) is 2.17. The van der Waals surface area contributed by atoms with Crippen molar-refractivity contribution < 1.29 is 57.3 Å². The van der Waals surface area contributed by atoms with Gasteiger partial charge in [0.05, 0.1) is 6.61 Å². The van der Waals surface area contributed by atoms with Crippen LogP contribution >= 0.6 is 0 Å². The van der Waals surface area contributed by atoms with Crippen molar-refractivity contribution in [2.24, 2.45) is 0 Å². The molecular formula is C19H31F6NO7S2. The van der Waals surface area contributed by atoms with Crippen LogP contribution in [0.4, 0.5) is 26.3 Å². The highest BCUT2D eigenvalue weighted by Gasteiger charge is 2.82. The van der Waals surface area contributed by atoms with Gasteiger partial charge in [-0.05, 0) is 39.5 Å². The summed E-state index contributed by atoms with van der Waals surface area (Å²) >= 11 is 0. The molecule has 0 saturated carbocycles. The van der Waals surface area contributed by atoms with Crippen LogP contribution in [-0.2, 0) is 29.7 Å². The van der Waals surface area contributed by atoms with E-state index in [2.05, 4.69) is 13.2 Å². The van der Waals surface area contributed by atoms with Crippen LogP contribution in [0, 0.1) is 0 Å². The zero-order chi connectivity index (χ0) is 28.5. The van der Waals surface area contributed by atoms with Crippen molar-refractivity contribution >= 4 is 26.1 Å². The normalized spacial score (nSPS) is 13.1. The fourth-order valence-corrected chi connectivity index (χ4v) is 4.31. The lowest BCUT2D eigenvalue weighted by atomic mass is 10.2. The maximum atomic E-state index is 13.7. The van der Waals surface area contributed by atoms with E-state index in [1.165, 1.54) is 13.8 Å². The smallest absolute Gasteiger partial charge is 0.439 e. The number of nitrogens with zero attached hydrogens (tertiary/aromatic N) is 1. The minimum absolute atomic E-state index is 0.0877. The first-order valence-electron chi connectivity index (χ1n) is 10.1. The molecule has 1 N–H and O–H groups in total. The molecule has 0 spiro atoms. The van der Waals surface area contributed by atoms with Crippen LogP contribution < -0.4 is 0 Å². The Hall–Kier alpha value is -1.65. The van der Waals surface area contributed by atoms with Crippen molar-refractivity contribution in [1.82, 2.24) is 4.31 Å². The van der Waals surface area contributed by atoms with E-state index < -0.39 is 49.7 Å². The molecule has 0 radical (unpaired) electrons. The lowest BCUT2D eigenvalue weighted by Gasteiger charge is -2.33. The Balaban J connectivity index is 0. The van der Waals surface area contributed by atoms with Gasteiger partial charge in [0.1, 0.15) is 0 Å². The van der Waals surface area contributed by atoms with E-state index in [1.807, 2.05) is 6.92 Å². The average Bonchev–Trinajstić information content (AvgIpc) is 2.69. The molecule has 0 heterocycles. The van der Waals surface area contributed by atoms with Gasteiger partial charge in [0, 0.05) is 18.7 Å². The number of sulfonamides is 1. The van der Waals surface area contributed by atoms with Crippen LogP contribution in [0.3, 0.4) is 0 Å². The second-order valence-electron chi connectivity index (χ2n) is 7.46. The molecule has 0 saturated heterocycles. The number of halogens is 6. The minimum Gasteiger partial charge on any atom is -0.462 e. The van der Waals surface area contributed by atoms with Crippen molar-refractivity contribution in [2.75, 3.05) is 19.7 Å². The summed E-state index contributed by atoms with van der Waals surface area (Å²) in [5, 5.41) is -13.2. The van der Waals surface area contributed by atoms with Crippen LogP contribution in [0.5, 0.6) is 0 Å². The molecule has 0 fully saturated rings. The molecule has 8 nitrogen and oxygen atoms in total. The van der Waals surface area contributed by atoms with E-state index in [0.29, 0.717) is 12.2 Å². The summed E-state index contributed by atoms with van der Waals surface area (Å²) in [6.45, 7) is 12.6. The summed E-state index contributed by atoms with van der Waals surface area (Å²) in [5.74, 6) is -7.21. The van der Waals surface area contributed by atoms with Crippen molar-refractivity contribution in [1.29, 1.82) is 0 Å². The largest absolute Gasteiger partial charge is 0.462 e. The highest BCUT2D eigenvalue weighted by Crippen LogP contribution is 2.51. The van der Waals surface area contributed by atoms with Gasteiger partial charge in [-0.2, -0.15) is 39.1 Å². The zero-order valence-corrected chi connectivity index (χ0v) is 21.4. The summed E-state index contributed by atoms with van der Waals surface area (Å²) in [7, 11) is -13.3. The number of allylic oxidation sites excluding steroid dienone is 1. The number of ether oxygens (including phenoxy) is 1. The Kier molecular flexibility index (Phi) is 13.8. The van der Waals surface area contributed by atoms with Gasteiger partial charge >= 0.3 is 32.5 Å². The van der Waals surface area contributed by atoms with E-state index >= 15 is 0 Å². The Bertz CT molecular complexity index is 945. The van der Waals surface area contributed by atoms with Gasteiger partial charge in [-0.15, -0.1) is 6.58 Å². The summed E-state index contributed by atoms with van der Waals surface area (Å²) in [6, 6.07) is 0. The molecule has 0 aromatic carbocycles. The molecule has 0 atom stereocenters. The van der Waals surface area contributed by atoms with Crippen molar-refractivity contribution in [3.05, 3.63) is 24.3 Å². The van der Waals surface area contributed by atoms with Gasteiger partial charge in [0.15, 0.2) is 0 Å². The van der Waals surface area contributed by atoms with Gasteiger partial charge in [0.25, 0.3) is 10.0 Å². The highest BCUT2D eigenvalue weighted by molar-refractivity contribution is 7.90. The maximum Gasteiger partial charge on any atom is 0.439 e. The van der Waals surface area contributed by atoms with Gasteiger partial charge in [-0.1, -0.05) is 26.0 Å². The topological polar surface area (TPSA) is 118 Å². The van der Waals surface area contributed by atoms with Gasteiger partial charge in [0.2, 0.25) is 0 Å². The second kappa shape index (κ2) is 13.6. The third kappa shape index (κ3) is 9.06. The monoisotopic (exact) mass is 563 g/mol. The summed E-state index contributed by atoms with van der Waals surface area (Å²) < 4.78 is 137. The first-order valence-corrected chi connectivity index (χ1v) is 13.0. The van der Waals surface area contributed by atoms with E-state index in [1.54, 1.807) is 6.92 Å². The molecular weight excluding hydrogens is 532 g/mol. The molecule has 0 aliphatic heterocycles. The number of hydrogen-bond acceptors (Lipinski definition) is 6. The van der Waals surface area contributed by atoms with Crippen LogP contribution in [0.25, 0.3) is 0 Å². The Labute approximate surface area is 201 Å². The molecule has 0 aliphatic rings. The molecule has 0 aromatic rings. The molecule has 0 amide bonds. The standard InChI is InChI=1S/C10H16O2.C9H15F6NO5S2/c1-8(2)6-5-7-12-10(11)9(3)4;1-3-5-16(6-4-2)22(17,18)8(12,13)7(10,11)9(14,15)23(19,20)21/h1,3,5-7H2,2,4H3;3-6H2,1-2H3,(H,19,20,21). The highest BCUT2D eigenvalue weighted by atomic mass is 32.2. The number of hydrogen-bond donors (Lipinski definition) is 1. The molecule has 0 aromatic heterocycles. The number of alkyl halides is 6. The summed E-state index contributed by atoms with van der Waals surface area (Å²) in [4.78, 5) is 10.8. The lowest BCUT2D eigenvalue weighted by molar-refractivity contribution is -0.246. The molecule has 0 rings (SSSR count). The van der Waals surface area contributed by atoms with Crippen LogP contribution in [0.15, 0.2) is 24.3 Å². The predicted octanol–water partition coefficient (Wildman–Crippen LogP) is 4.61. The van der Waals surface area contributed by atoms with Crippen LogP contribution in [0.2, 0.25) is 0 Å². The maximum absolute atomic E-state index is 13.7. The number of carbonyl (C=O) groups excluding carboxylic acids is 1. The van der Waals surface area contributed by atoms with Crippen molar-refractivity contribution in [3.8, 4) is 0 Å². The number of esters is 1. The molecule has 16 heteroatoms. The van der Waals surface area contributed by atoms with Gasteiger partial charge in [-0.3, -0.25) is 4.55 Å². The third-order valence-corrected chi connectivity index (χ3v) is 6.85. The Morgan fingerprint density at radius 1 is 0.914 bits per heavy atom. The zero-order valence-electron chi connectivity index (χ0n) is 19.8. The summed E-state index contributed by atoms with van der Waals surface area (Å²) in [5.41, 5.74) is 1.56. The quantitative estimate of drug-likeness (QED) is 0.0819. The van der Waals surface area contributed by atoms with Crippen molar-refractivity contribution in [3.63, 3.8) is 0 Å².